The van der Waals surface area contributed by atoms with E-state index in [9.17, 15) is 4.79 Å². The molecule has 0 spiro atoms. The first-order valence-electron chi connectivity index (χ1n) is 9.97. The minimum atomic E-state index is -0.370. The molecule has 0 bridgehead atoms. The maximum atomic E-state index is 13.2. The summed E-state index contributed by atoms with van der Waals surface area (Å²) in [6.07, 6.45) is 2.08. The average Bonchev–Trinajstić information content (AvgIpc) is 2.70. The van der Waals surface area contributed by atoms with Crippen molar-refractivity contribution in [2.24, 2.45) is 0 Å². The van der Waals surface area contributed by atoms with Gasteiger partial charge in [0.05, 0.1) is 22.7 Å². The smallest absolute Gasteiger partial charge is 0.255 e. The number of hydrogen-bond acceptors (Lipinski definition) is 3. The molecule has 158 valence electrons. The zero-order valence-corrected chi connectivity index (χ0v) is 19.7. The number of benzene rings is 2. The molecule has 1 aliphatic rings. The molecule has 0 aliphatic carbocycles. The van der Waals surface area contributed by atoms with Crippen molar-refractivity contribution >= 4 is 44.9 Å². The molecule has 0 aromatic heterocycles. The Morgan fingerprint density at radius 2 is 1.93 bits per heavy atom. The van der Waals surface area contributed by atoms with Crippen LogP contribution < -0.4 is 20.7 Å². The number of hydrogen-bond donors (Lipinski definition) is 3. The number of thiocarbonyl (C=S) groups is 1. The largest absolute Gasteiger partial charge is 0.492 e. The highest BCUT2D eigenvalue weighted by atomic mass is 79.9. The van der Waals surface area contributed by atoms with Gasteiger partial charge in [-0.25, -0.2) is 0 Å². The van der Waals surface area contributed by atoms with Gasteiger partial charge in [-0.2, -0.15) is 0 Å². The molecule has 1 amide bonds. The second-order valence-electron chi connectivity index (χ2n) is 7.28. The predicted octanol–water partition coefficient (Wildman–Crippen LogP) is 5.37. The third kappa shape index (κ3) is 5.40. The van der Waals surface area contributed by atoms with Gasteiger partial charge in [-0.15, -0.1) is 0 Å². The second-order valence-corrected chi connectivity index (χ2v) is 8.54. The maximum Gasteiger partial charge on any atom is 0.255 e. The number of carbonyl (C=O) groups excluding carboxylic acids is 1. The lowest BCUT2D eigenvalue weighted by atomic mass is 9.95. The van der Waals surface area contributed by atoms with Crippen molar-refractivity contribution in [1.29, 1.82) is 0 Å². The molecule has 30 heavy (non-hydrogen) atoms. The highest BCUT2D eigenvalue weighted by molar-refractivity contribution is 9.10. The van der Waals surface area contributed by atoms with Gasteiger partial charge >= 0.3 is 0 Å². The number of unbranched alkanes of at least 4 members (excludes halogenated alkanes) is 1. The van der Waals surface area contributed by atoms with Crippen molar-refractivity contribution < 1.29 is 9.53 Å². The predicted molar refractivity (Wildman–Crippen MR) is 129 cm³/mol. The lowest BCUT2D eigenvalue weighted by Gasteiger charge is -2.30. The van der Waals surface area contributed by atoms with E-state index < -0.39 is 0 Å². The fraction of sp³-hybridized carbons (Fsp3) is 0.304. The van der Waals surface area contributed by atoms with Gasteiger partial charge in [0.15, 0.2) is 5.11 Å². The van der Waals surface area contributed by atoms with Gasteiger partial charge in [-0.3, -0.25) is 4.79 Å². The van der Waals surface area contributed by atoms with Crippen molar-refractivity contribution in [3.63, 3.8) is 0 Å². The fourth-order valence-corrected chi connectivity index (χ4v) is 4.00. The SMILES string of the molecule is CCCCOc1ccc([C@H]2NC(=S)NC(C)=C2C(=O)Nc2ccc(C)cc2)cc1Br. The van der Waals surface area contributed by atoms with E-state index >= 15 is 0 Å². The van der Waals surface area contributed by atoms with Crippen LogP contribution in [0.3, 0.4) is 0 Å². The van der Waals surface area contributed by atoms with Crippen LogP contribution in [0, 0.1) is 6.92 Å². The van der Waals surface area contributed by atoms with E-state index in [1.54, 1.807) is 0 Å². The van der Waals surface area contributed by atoms with E-state index in [4.69, 9.17) is 17.0 Å². The number of allylic oxidation sites excluding steroid dienone is 1. The molecule has 3 N–H and O–H groups in total. The Bertz CT molecular complexity index is 973. The molecule has 3 rings (SSSR count). The first kappa shape index (κ1) is 22.3. The van der Waals surface area contributed by atoms with Gasteiger partial charge < -0.3 is 20.7 Å². The Kier molecular flexibility index (Phi) is 7.50. The van der Waals surface area contributed by atoms with Crippen LogP contribution in [0.1, 0.15) is 43.9 Å². The standard InChI is InChI=1S/C23H26BrN3O2S/c1-4-5-12-29-19-11-8-16(13-18(19)24)21-20(15(3)25-23(30)27-21)22(28)26-17-9-6-14(2)7-10-17/h6-11,13,21H,4-5,12H2,1-3H3,(H,26,28)(H2,25,27,30)/t21-/m1/s1. The van der Waals surface area contributed by atoms with Crippen LogP contribution in [0.5, 0.6) is 5.75 Å². The van der Waals surface area contributed by atoms with Gasteiger partial charge in [0.25, 0.3) is 5.91 Å². The van der Waals surface area contributed by atoms with Gasteiger partial charge in [0, 0.05) is 11.4 Å². The number of nitrogens with one attached hydrogen (secondary N) is 3. The maximum absolute atomic E-state index is 13.2. The van der Waals surface area contributed by atoms with Crippen LogP contribution >= 0.6 is 28.1 Å². The Balaban J connectivity index is 1.86. The Labute approximate surface area is 191 Å². The van der Waals surface area contributed by atoms with Crippen LogP contribution in [0.25, 0.3) is 0 Å². The Morgan fingerprint density at radius 3 is 2.60 bits per heavy atom. The summed E-state index contributed by atoms with van der Waals surface area (Å²) < 4.78 is 6.67. The van der Waals surface area contributed by atoms with E-state index in [1.165, 1.54) is 0 Å². The molecule has 0 unspecified atom stereocenters. The number of halogens is 1. The number of carbonyl (C=O) groups is 1. The highest BCUT2D eigenvalue weighted by Gasteiger charge is 2.30. The Morgan fingerprint density at radius 1 is 1.20 bits per heavy atom. The first-order valence-corrected chi connectivity index (χ1v) is 11.2. The molecule has 7 heteroatoms. The Hall–Kier alpha value is -2.38. The number of ether oxygens (including phenoxy) is 1. The molecule has 1 atom stereocenters. The summed E-state index contributed by atoms with van der Waals surface area (Å²) in [6.45, 7) is 6.68. The normalized spacial score (nSPS) is 16.0. The van der Waals surface area contributed by atoms with Crippen molar-refractivity contribution in [1.82, 2.24) is 10.6 Å². The van der Waals surface area contributed by atoms with E-state index in [2.05, 4.69) is 38.8 Å². The summed E-state index contributed by atoms with van der Waals surface area (Å²) in [4.78, 5) is 13.2. The first-order chi connectivity index (χ1) is 14.4. The minimum Gasteiger partial charge on any atom is -0.492 e. The summed E-state index contributed by atoms with van der Waals surface area (Å²) in [5.41, 5.74) is 4.13. The minimum absolute atomic E-state index is 0.178. The van der Waals surface area contributed by atoms with Crippen LogP contribution in [0.15, 0.2) is 58.2 Å². The van der Waals surface area contributed by atoms with E-state index in [1.807, 2.05) is 56.3 Å². The topological polar surface area (TPSA) is 62.4 Å². The third-order valence-electron chi connectivity index (χ3n) is 4.87. The fourth-order valence-electron chi connectivity index (χ4n) is 3.22. The van der Waals surface area contributed by atoms with Crippen LogP contribution in [-0.2, 0) is 4.79 Å². The van der Waals surface area contributed by atoms with Crippen molar-refractivity contribution in [3.05, 3.63) is 69.3 Å². The average molecular weight is 488 g/mol. The number of anilines is 1. The zero-order chi connectivity index (χ0) is 21.7. The van der Waals surface area contributed by atoms with E-state index in [0.29, 0.717) is 17.3 Å². The third-order valence-corrected chi connectivity index (χ3v) is 5.71. The summed E-state index contributed by atoms with van der Waals surface area (Å²) in [5, 5.41) is 9.77. The van der Waals surface area contributed by atoms with E-state index in [-0.39, 0.29) is 11.9 Å². The molecule has 0 fully saturated rings. The summed E-state index contributed by atoms with van der Waals surface area (Å²) in [6, 6.07) is 13.2. The van der Waals surface area contributed by atoms with Gasteiger partial charge in [0.2, 0.25) is 0 Å². The lowest BCUT2D eigenvalue weighted by Crippen LogP contribution is -2.45. The molecule has 0 saturated carbocycles. The van der Waals surface area contributed by atoms with E-state index in [0.717, 1.165) is 45.6 Å². The molecule has 2 aromatic carbocycles. The van der Waals surface area contributed by atoms with Gasteiger partial charge in [-0.1, -0.05) is 37.1 Å². The molecule has 1 heterocycles. The van der Waals surface area contributed by atoms with Crippen LogP contribution in [0.2, 0.25) is 0 Å². The van der Waals surface area contributed by atoms with Gasteiger partial charge in [0.1, 0.15) is 5.75 Å². The summed E-state index contributed by atoms with van der Waals surface area (Å²) >= 11 is 8.94. The second kappa shape index (κ2) is 10.1. The molecule has 0 saturated heterocycles. The lowest BCUT2D eigenvalue weighted by molar-refractivity contribution is -0.113. The molecular formula is C23H26BrN3O2S. The number of rotatable bonds is 7. The summed E-state index contributed by atoms with van der Waals surface area (Å²) in [5.74, 6) is 0.610. The zero-order valence-electron chi connectivity index (χ0n) is 17.3. The van der Waals surface area contributed by atoms with Gasteiger partial charge in [-0.05, 0) is 78.2 Å². The molecule has 1 aliphatic heterocycles. The molecule has 5 nitrogen and oxygen atoms in total. The highest BCUT2D eigenvalue weighted by Crippen LogP contribution is 2.33. The quantitative estimate of drug-likeness (QED) is 0.362. The van der Waals surface area contributed by atoms with Crippen molar-refractivity contribution in [2.75, 3.05) is 11.9 Å². The van der Waals surface area contributed by atoms with Crippen molar-refractivity contribution in [2.45, 2.75) is 39.7 Å². The molecule has 0 radical (unpaired) electrons. The monoisotopic (exact) mass is 487 g/mol. The van der Waals surface area contributed by atoms with Crippen LogP contribution in [-0.4, -0.2) is 17.6 Å². The molecule has 2 aromatic rings. The van der Waals surface area contributed by atoms with Crippen molar-refractivity contribution in [3.8, 4) is 5.75 Å². The van der Waals surface area contributed by atoms with Crippen LogP contribution in [0.4, 0.5) is 5.69 Å². The number of aryl methyl sites for hydroxylation is 1. The number of amides is 1. The molecular weight excluding hydrogens is 462 g/mol. The summed E-state index contributed by atoms with van der Waals surface area (Å²) in [7, 11) is 0.